The van der Waals surface area contributed by atoms with E-state index in [2.05, 4.69) is 92.1 Å². The zero-order valence-electron chi connectivity index (χ0n) is 20.4. The number of nitrogens with one attached hydrogen (secondary N) is 1. The normalized spacial score (nSPS) is 24.8. The summed E-state index contributed by atoms with van der Waals surface area (Å²) in [5, 5.41) is 3.68. The van der Waals surface area contributed by atoms with Crippen molar-refractivity contribution >= 4 is 7.59 Å². The first-order valence-corrected chi connectivity index (χ1v) is 13.9. The molecule has 1 aromatic carbocycles. The van der Waals surface area contributed by atoms with Crippen molar-refractivity contribution in [2.75, 3.05) is 0 Å². The van der Waals surface area contributed by atoms with Crippen LogP contribution in [0, 0.1) is 18.8 Å². The van der Waals surface area contributed by atoms with Gasteiger partial charge in [0.25, 0.3) is 7.59 Å². The molecule has 172 valence electrons. The third kappa shape index (κ3) is 5.12. The Morgan fingerprint density at radius 1 is 1.06 bits per heavy atom. The van der Waals surface area contributed by atoms with Gasteiger partial charge in [0.2, 0.25) is 0 Å². The molecule has 1 N–H and O–H groups in total. The Labute approximate surface area is 190 Å². The molecule has 0 amide bonds. The highest BCUT2D eigenvalue weighted by Crippen LogP contribution is 2.63. The van der Waals surface area contributed by atoms with Gasteiger partial charge in [-0.05, 0) is 65.0 Å². The molecule has 1 saturated carbocycles. The minimum atomic E-state index is -2.99. The van der Waals surface area contributed by atoms with Crippen LogP contribution in [0.25, 0.3) is 0 Å². The molecule has 4 nitrogen and oxygen atoms in total. The fraction of sp³-hybridized carbons (Fsp3) is 0.692. The smallest absolute Gasteiger partial charge is 0.270 e. The Kier molecular flexibility index (Phi) is 8.44. The first-order chi connectivity index (χ1) is 14.8. The molecular weight excluding hydrogens is 401 g/mol. The van der Waals surface area contributed by atoms with Crippen LogP contribution in [-0.2, 0) is 4.57 Å². The second-order valence-corrected chi connectivity index (χ2v) is 12.0. The van der Waals surface area contributed by atoms with Gasteiger partial charge in [0.05, 0.1) is 0 Å². The molecule has 2 fully saturated rings. The molecule has 0 unspecified atom stereocenters. The number of hydrogen-bond donors (Lipinski definition) is 1. The van der Waals surface area contributed by atoms with Gasteiger partial charge < -0.3 is 0 Å². The van der Waals surface area contributed by atoms with Crippen LogP contribution in [0.5, 0.6) is 0 Å². The number of hydrogen-bond acceptors (Lipinski definition) is 1. The Balaban J connectivity index is 2.04. The lowest BCUT2D eigenvalue weighted by molar-refractivity contribution is 0.173. The van der Waals surface area contributed by atoms with E-state index in [1.807, 2.05) is 0 Å². The van der Waals surface area contributed by atoms with E-state index in [1.165, 1.54) is 18.4 Å². The molecule has 0 aromatic heterocycles. The summed E-state index contributed by atoms with van der Waals surface area (Å²) in [6.07, 6.45) is 7.86. The quantitative estimate of drug-likeness (QED) is 0.290. The molecule has 1 saturated heterocycles. The molecule has 31 heavy (non-hydrogen) atoms. The van der Waals surface area contributed by atoms with E-state index in [1.54, 1.807) is 0 Å². The maximum Gasteiger partial charge on any atom is 0.286 e. The minimum Gasteiger partial charge on any atom is -0.270 e. The summed E-state index contributed by atoms with van der Waals surface area (Å²) in [6.45, 7) is 13.1. The number of benzene rings is 1. The second-order valence-electron chi connectivity index (χ2n) is 9.75. The molecular formula is C26H42N3OP. The maximum atomic E-state index is 15.0. The van der Waals surface area contributed by atoms with Gasteiger partial charge in [-0.3, -0.25) is 4.57 Å². The van der Waals surface area contributed by atoms with Crippen molar-refractivity contribution in [3.8, 4) is 11.8 Å². The third-order valence-electron chi connectivity index (χ3n) is 6.76. The van der Waals surface area contributed by atoms with Crippen LogP contribution in [0.4, 0.5) is 0 Å². The monoisotopic (exact) mass is 443 g/mol. The number of unbranched alkanes of at least 4 members (excludes halogenated alkanes) is 2. The van der Waals surface area contributed by atoms with Gasteiger partial charge in [0.15, 0.2) is 0 Å². The molecule has 3 rings (SSSR count). The molecule has 1 aromatic rings. The highest BCUT2D eigenvalue weighted by atomic mass is 31.2. The summed E-state index contributed by atoms with van der Waals surface area (Å²) in [5.41, 5.74) is 2.34. The zero-order chi connectivity index (χ0) is 22.6. The van der Waals surface area contributed by atoms with E-state index < -0.39 is 7.59 Å². The molecule has 0 spiro atoms. The first kappa shape index (κ1) is 24.5. The summed E-state index contributed by atoms with van der Waals surface area (Å²) in [5.74, 6) is 6.86. The van der Waals surface area contributed by atoms with E-state index in [0.29, 0.717) is 12.1 Å². The topological polar surface area (TPSA) is 35.6 Å². The number of aryl methyl sites for hydroxylation is 1. The first-order valence-electron chi connectivity index (χ1n) is 12.3. The van der Waals surface area contributed by atoms with Crippen molar-refractivity contribution in [1.29, 1.82) is 0 Å². The summed E-state index contributed by atoms with van der Waals surface area (Å²) in [4.78, 5) is 0. The van der Waals surface area contributed by atoms with Crippen LogP contribution >= 0.6 is 7.59 Å². The van der Waals surface area contributed by atoms with Crippen molar-refractivity contribution in [2.24, 2.45) is 0 Å². The minimum absolute atomic E-state index is 0.221. The Bertz CT molecular complexity index is 813. The maximum absolute atomic E-state index is 15.0. The molecule has 3 atom stereocenters. The number of rotatable bonds is 7. The van der Waals surface area contributed by atoms with Gasteiger partial charge in [-0.1, -0.05) is 56.4 Å². The van der Waals surface area contributed by atoms with Crippen LogP contribution in [0.3, 0.4) is 0 Å². The van der Waals surface area contributed by atoms with Crippen molar-refractivity contribution in [3.63, 3.8) is 0 Å². The Hall–Kier alpha value is -1.11. The van der Waals surface area contributed by atoms with Crippen molar-refractivity contribution in [3.05, 3.63) is 35.4 Å². The van der Waals surface area contributed by atoms with Crippen molar-refractivity contribution in [1.82, 2.24) is 14.4 Å². The predicted molar refractivity (Wildman–Crippen MR) is 132 cm³/mol. The number of nitrogens with zero attached hydrogens (tertiary/aromatic N) is 2. The Morgan fingerprint density at radius 2 is 1.65 bits per heavy atom. The average Bonchev–Trinajstić information content (AvgIpc) is 2.98. The van der Waals surface area contributed by atoms with Gasteiger partial charge in [-0.15, -0.1) is 5.92 Å². The third-order valence-corrected chi connectivity index (χ3v) is 10.1. The predicted octanol–water partition coefficient (Wildman–Crippen LogP) is 6.67. The van der Waals surface area contributed by atoms with E-state index in [0.717, 1.165) is 37.7 Å². The fourth-order valence-electron chi connectivity index (χ4n) is 5.45. The molecule has 0 bridgehead atoms. The largest absolute Gasteiger partial charge is 0.286 e. The summed E-state index contributed by atoms with van der Waals surface area (Å²) < 4.78 is 19.6. The van der Waals surface area contributed by atoms with Crippen LogP contribution in [0.1, 0.15) is 96.7 Å². The lowest BCUT2D eigenvalue weighted by atomic mass is 9.89. The van der Waals surface area contributed by atoms with Crippen molar-refractivity contribution < 1.29 is 4.57 Å². The van der Waals surface area contributed by atoms with Crippen molar-refractivity contribution in [2.45, 2.75) is 117 Å². The van der Waals surface area contributed by atoms with Gasteiger partial charge in [-0.25, -0.2) is 14.4 Å². The van der Waals surface area contributed by atoms with E-state index in [9.17, 15) is 4.57 Å². The van der Waals surface area contributed by atoms with Gasteiger partial charge in [0.1, 0.15) is 6.04 Å². The lowest BCUT2D eigenvalue weighted by Gasteiger charge is -2.38. The standard InChI is InChI=1S/C26H42N3OP/c1-7-8-9-10-17-24(23-16-12-11-15-22(23)6)27-31(30)28(20(2)3)25-18-13-14-19-26(25)29(31)21(4)5/h11-12,15-16,20-21,24-26H,7-9,13-14,18-19H2,1-6H3,(H,27,30)/t24-,25-,26-/m1/s1. The van der Waals surface area contributed by atoms with E-state index >= 15 is 0 Å². The summed E-state index contributed by atoms with van der Waals surface area (Å²) in [7, 11) is -2.99. The highest BCUT2D eigenvalue weighted by Gasteiger charge is 2.57. The van der Waals surface area contributed by atoms with Gasteiger partial charge in [-0.2, -0.15) is 0 Å². The molecule has 1 aliphatic heterocycles. The zero-order valence-corrected chi connectivity index (χ0v) is 21.3. The molecule has 5 heteroatoms. The fourth-order valence-corrected chi connectivity index (χ4v) is 9.09. The Morgan fingerprint density at radius 3 is 2.16 bits per heavy atom. The highest BCUT2D eigenvalue weighted by molar-refractivity contribution is 7.57. The van der Waals surface area contributed by atoms with E-state index in [4.69, 9.17) is 0 Å². The van der Waals surface area contributed by atoms with Gasteiger partial charge >= 0.3 is 0 Å². The molecule has 2 aliphatic rings. The summed E-state index contributed by atoms with van der Waals surface area (Å²) >= 11 is 0. The SMILES string of the molecule is CCCCC#C[C@@H](NP1(=O)N(C(C)C)[C@@H]2CCCC[C@H]2N1C(C)C)c1ccccc1C. The lowest BCUT2D eigenvalue weighted by Crippen LogP contribution is -2.43. The molecule has 1 heterocycles. The van der Waals surface area contributed by atoms with Crippen LogP contribution in [-0.4, -0.2) is 33.5 Å². The average molecular weight is 444 g/mol. The number of fused-ring (bicyclic) bond motifs is 1. The molecule has 1 aliphatic carbocycles. The second kappa shape index (κ2) is 10.7. The van der Waals surface area contributed by atoms with Crippen LogP contribution < -0.4 is 5.09 Å². The van der Waals surface area contributed by atoms with Crippen LogP contribution in [0.15, 0.2) is 24.3 Å². The summed E-state index contributed by atoms with van der Waals surface area (Å²) in [6, 6.07) is 9.32. The van der Waals surface area contributed by atoms with E-state index in [-0.39, 0.29) is 18.1 Å². The molecule has 0 radical (unpaired) electrons. The van der Waals surface area contributed by atoms with Crippen LogP contribution in [0.2, 0.25) is 0 Å². The van der Waals surface area contributed by atoms with Gasteiger partial charge in [0, 0.05) is 30.6 Å².